The molecule has 4 aromatic rings. The molecule has 0 bridgehead atoms. The molecule has 2 unspecified atom stereocenters. The standard InChI is InChI=1S/C33H34N8O5/c42-28-9-8-27(30(43)37-28)41-32(45)25-6-2-7-26(29(25)33(41)46)34-17-22-18-36-40(20-22)24-10-14-38(15-11-24)31(44)23-5-1-4-21(16-23)19-39-13-3-12-35-39/h1-7,12-13,16,18,20,24,27,32,34,45H,8-11,14-15,17,19H2,(H,37,42,43). The lowest BCUT2D eigenvalue weighted by Gasteiger charge is -2.32. The maximum absolute atomic E-state index is 13.4. The number of anilines is 1. The predicted molar refractivity (Wildman–Crippen MR) is 165 cm³/mol. The first-order valence-corrected chi connectivity index (χ1v) is 15.5. The van der Waals surface area contributed by atoms with E-state index in [1.54, 1.807) is 30.6 Å². The number of fused-ring (bicyclic) bond motifs is 1. The zero-order chi connectivity index (χ0) is 31.8. The first kappa shape index (κ1) is 29.4. The highest BCUT2D eigenvalue weighted by Crippen LogP contribution is 2.39. The number of carbonyl (C=O) groups is 4. The molecule has 4 amide bonds. The first-order chi connectivity index (χ1) is 22.4. The molecule has 3 aliphatic heterocycles. The molecule has 236 valence electrons. The van der Waals surface area contributed by atoms with Crippen LogP contribution >= 0.6 is 0 Å². The Morgan fingerprint density at radius 3 is 2.61 bits per heavy atom. The van der Waals surface area contributed by atoms with Crippen molar-refractivity contribution in [3.05, 3.63) is 101 Å². The number of rotatable bonds is 8. The van der Waals surface area contributed by atoms with E-state index in [4.69, 9.17) is 0 Å². The summed E-state index contributed by atoms with van der Waals surface area (Å²) in [5.74, 6) is -1.39. The molecule has 3 N–H and O–H groups in total. The molecule has 2 aromatic heterocycles. The molecule has 46 heavy (non-hydrogen) atoms. The van der Waals surface area contributed by atoms with Crippen molar-refractivity contribution >= 4 is 29.3 Å². The summed E-state index contributed by atoms with van der Waals surface area (Å²) in [5, 5.41) is 25.4. The third-order valence-electron chi connectivity index (χ3n) is 8.97. The fraction of sp³-hybridized carbons (Fsp3) is 0.333. The van der Waals surface area contributed by atoms with Crippen molar-refractivity contribution in [3.8, 4) is 0 Å². The minimum absolute atomic E-state index is 0.0253. The number of aliphatic hydroxyl groups excluding tert-OH is 1. The van der Waals surface area contributed by atoms with E-state index < -0.39 is 24.1 Å². The van der Waals surface area contributed by atoms with E-state index in [2.05, 4.69) is 20.8 Å². The molecule has 2 aromatic carbocycles. The summed E-state index contributed by atoms with van der Waals surface area (Å²) < 4.78 is 3.77. The summed E-state index contributed by atoms with van der Waals surface area (Å²) in [6.45, 7) is 2.26. The Morgan fingerprint density at radius 1 is 1.00 bits per heavy atom. The van der Waals surface area contributed by atoms with E-state index >= 15 is 0 Å². The second-order valence-corrected chi connectivity index (χ2v) is 11.9. The molecular formula is C33H34N8O5. The number of carbonyl (C=O) groups excluding carboxylic acids is 4. The smallest absolute Gasteiger partial charge is 0.259 e. The zero-order valence-electron chi connectivity index (χ0n) is 25.1. The highest BCUT2D eigenvalue weighted by Gasteiger charge is 2.45. The van der Waals surface area contributed by atoms with Gasteiger partial charge < -0.3 is 15.3 Å². The number of nitrogens with zero attached hydrogens (tertiary/aromatic N) is 6. The lowest BCUT2D eigenvalue weighted by molar-refractivity contribution is -0.139. The summed E-state index contributed by atoms with van der Waals surface area (Å²) >= 11 is 0. The van der Waals surface area contributed by atoms with Crippen molar-refractivity contribution in [2.45, 2.75) is 57.1 Å². The number of hydrogen-bond donors (Lipinski definition) is 3. The van der Waals surface area contributed by atoms with Crippen LogP contribution in [0.3, 0.4) is 0 Å². The van der Waals surface area contributed by atoms with Crippen molar-refractivity contribution in [1.29, 1.82) is 0 Å². The van der Waals surface area contributed by atoms with Crippen molar-refractivity contribution < 1.29 is 24.3 Å². The number of piperidine rings is 2. The molecule has 0 aliphatic carbocycles. The molecular weight excluding hydrogens is 588 g/mol. The van der Waals surface area contributed by atoms with Crippen LogP contribution in [0, 0.1) is 0 Å². The van der Waals surface area contributed by atoms with Gasteiger partial charge in [-0.15, -0.1) is 0 Å². The number of aromatic nitrogens is 4. The molecule has 0 spiro atoms. The Labute approximate surface area is 264 Å². The molecule has 13 nitrogen and oxygen atoms in total. The average Bonchev–Trinajstić information content (AvgIpc) is 3.81. The van der Waals surface area contributed by atoms with Gasteiger partial charge in [0.1, 0.15) is 6.04 Å². The third-order valence-corrected chi connectivity index (χ3v) is 8.97. The number of benzene rings is 2. The fourth-order valence-corrected chi connectivity index (χ4v) is 6.59. The van der Waals surface area contributed by atoms with E-state index in [-0.39, 0.29) is 30.7 Å². The number of amides is 4. The molecule has 2 saturated heterocycles. The molecule has 3 aliphatic rings. The fourth-order valence-electron chi connectivity index (χ4n) is 6.59. The molecule has 2 atom stereocenters. The third kappa shape index (κ3) is 5.65. The number of hydrogen-bond acceptors (Lipinski definition) is 8. The van der Waals surface area contributed by atoms with Gasteiger partial charge in [0.2, 0.25) is 11.8 Å². The van der Waals surface area contributed by atoms with Gasteiger partial charge >= 0.3 is 0 Å². The van der Waals surface area contributed by atoms with E-state index in [0.29, 0.717) is 48.6 Å². The molecule has 7 rings (SSSR count). The summed E-state index contributed by atoms with van der Waals surface area (Å²) in [6, 6.07) is 14.0. The van der Waals surface area contributed by atoms with E-state index in [1.165, 1.54) is 0 Å². The van der Waals surface area contributed by atoms with Crippen molar-refractivity contribution in [1.82, 2.24) is 34.7 Å². The van der Waals surface area contributed by atoms with Gasteiger partial charge in [-0.1, -0.05) is 24.3 Å². The highest BCUT2D eigenvalue weighted by atomic mass is 16.3. The Bertz CT molecular complexity index is 1790. The molecule has 5 heterocycles. The van der Waals surface area contributed by atoms with Gasteiger partial charge in [-0.3, -0.25) is 38.8 Å². The van der Waals surface area contributed by atoms with Crippen LogP contribution < -0.4 is 10.6 Å². The quantitative estimate of drug-likeness (QED) is 0.253. The minimum Gasteiger partial charge on any atom is -0.380 e. The van der Waals surface area contributed by atoms with Crippen LogP contribution in [0.15, 0.2) is 73.3 Å². The van der Waals surface area contributed by atoms with Gasteiger partial charge in [0.15, 0.2) is 6.23 Å². The maximum atomic E-state index is 13.4. The summed E-state index contributed by atoms with van der Waals surface area (Å²) in [4.78, 5) is 53.8. The van der Waals surface area contributed by atoms with Crippen molar-refractivity contribution in [2.75, 3.05) is 18.4 Å². The van der Waals surface area contributed by atoms with Crippen LogP contribution in [-0.2, 0) is 22.7 Å². The minimum atomic E-state index is -1.28. The zero-order valence-corrected chi connectivity index (χ0v) is 25.1. The van der Waals surface area contributed by atoms with Crippen LogP contribution in [0.4, 0.5) is 5.69 Å². The van der Waals surface area contributed by atoms with Gasteiger partial charge in [0.25, 0.3) is 11.8 Å². The lowest BCUT2D eigenvalue weighted by Crippen LogP contribution is -2.53. The summed E-state index contributed by atoms with van der Waals surface area (Å²) in [7, 11) is 0. The molecule has 0 saturated carbocycles. The van der Waals surface area contributed by atoms with Gasteiger partial charge in [-0.25, -0.2) is 0 Å². The Morgan fingerprint density at radius 2 is 1.83 bits per heavy atom. The Balaban J connectivity index is 0.956. The summed E-state index contributed by atoms with van der Waals surface area (Å²) in [5.41, 5.74) is 3.89. The first-order valence-electron chi connectivity index (χ1n) is 15.5. The summed E-state index contributed by atoms with van der Waals surface area (Å²) in [6.07, 6.45) is 7.94. The number of aliphatic hydroxyl groups is 1. The highest BCUT2D eigenvalue weighted by molar-refractivity contribution is 6.08. The van der Waals surface area contributed by atoms with Crippen LogP contribution in [0.2, 0.25) is 0 Å². The molecule has 0 radical (unpaired) electrons. The van der Waals surface area contributed by atoms with Crippen molar-refractivity contribution in [2.24, 2.45) is 0 Å². The number of imide groups is 1. The normalized spacial score (nSPS) is 20.2. The van der Waals surface area contributed by atoms with E-state index in [1.807, 2.05) is 57.0 Å². The molecule has 2 fully saturated rings. The number of likely N-dealkylation sites (tertiary alicyclic amines) is 1. The predicted octanol–water partition coefficient (Wildman–Crippen LogP) is 2.47. The van der Waals surface area contributed by atoms with Crippen LogP contribution in [-0.4, -0.2) is 77.2 Å². The SMILES string of the molecule is O=C1CCC(N2C(=O)c3c(NCc4cnn(C5CCN(C(=O)c6cccc(Cn7cccn7)c6)CC5)c4)cccc3C2O)C(=O)N1. The second-order valence-electron chi connectivity index (χ2n) is 11.9. The van der Waals surface area contributed by atoms with Gasteiger partial charge in [0.05, 0.1) is 24.3 Å². The topological polar surface area (TPSA) is 155 Å². The van der Waals surface area contributed by atoms with Crippen molar-refractivity contribution in [3.63, 3.8) is 0 Å². The average molecular weight is 623 g/mol. The number of nitrogens with one attached hydrogen (secondary N) is 2. The van der Waals surface area contributed by atoms with Crippen LogP contribution in [0.5, 0.6) is 0 Å². The largest absolute Gasteiger partial charge is 0.380 e. The van der Waals surface area contributed by atoms with E-state index in [0.717, 1.165) is 28.9 Å². The Kier molecular flexibility index (Phi) is 7.83. The van der Waals surface area contributed by atoms with Crippen LogP contribution in [0.25, 0.3) is 0 Å². The second kappa shape index (κ2) is 12.2. The van der Waals surface area contributed by atoms with Gasteiger partial charge in [-0.2, -0.15) is 10.2 Å². The monoisotopic (exact) mass is 622 g/mol. The lowest BCUT2D eigenvalue weighted by atomic mass is 10.0. The van der Waals surface area contributed by atoms with E-state index in [9.17, 15) is 24.3 Å². The van der Waals surface area contributed by atoms with Crippen LogP contribution in [0.1, 0.15) is 75.4 Å². The van der Waals surface area contributed by atoms with Gasteiger partial charge in [0, 0.05) is 67.0 Å². The maximum Gasteiger partial charge on any atom is 0.259 e. The van der Waals surface area contributed by atoms with Gasteiger partial charge in [-0.05, 0) is 49.1 Å². The Hall–Kier alpha value is -5.30. The molecule has 13 heteroatoms.